The van der Waals surface area contributed by atoms with Gasteiger partial charge in [-0.25, -0.2) is 0 Å². The second-order valence-electron chi connectivity index (χ2n) is 6.28. The molecule has 0 saturated carbocycles. The van der Waals surface area contributed by atoms with Gasteiger partial charge in [-0.3, -0.25) is 20.4 Å². The summed E-state index contributed by atoms with van der Waals surface area (Å²) in [5.41, 5.74) is 4.43. The SMILES string of the molecule is CC(Oc1ccc2ccccc2c1)C(=O)NNC(=O)c1ccc(OC(F)(F)F)cc1. The molecule has 0 spiro atoms. The molecule has 0 saturated heterocycles. The third kappa shape index (κ3) is 5.63. The van der Waals surface area contributed by atoms with Crippen molar-refractivity contribution in [1.82, 2.24) is 10.9 Å². The Hall–Kier alpha value is -3.75. The predicted octanol–water partition coefficient (Wildman–Crippen LogP) is 3.97. The summed E-state index contributed by atoms with van der Waals surface area (Å²) < 4.78 is 45.8. The van der Waals surface area contributed by atoms with Crippen LogP contribution in [0.1, 0.15) is 17.3 Å². The first-order chi connectivity index (χ1) is 14.2. The zero-order chi connectivity index (χ0) is 21.7. The van der Waals surface area contributed by atoms with Crippen molar-refractivity contribution < 1.29 is 32.2 Å². The quantitative estimate of drug-likeness (QED) is 0.615. The van der Waals surface area contributed by atoms with Crippen LogP contribution in [-0.2, 0) is 4.79 Å². The normalized spacial score (nSPS) is 12.1. The van der Waals surface area contributed by atoms with Crippen LogP contribution in [0.5, 0.6) is 11.5 Å². The van der Waals surface area contributed by atoms with Crippen molar-refractivity contribution in [2.75, 3.05) is 0 Å². The van der Waals surface area contributed by atoms with Crippen LogP contribution >= 0.6 is 0 Å². The summed E-state index contributed by atoms with van der Waals surface area (Å²) in [5, 5.41) is 1.98. The van der Waals surface area contributed by atoms with Crippen molar-refractivity contribution in [1.29, 1.82) is 0 Å². The number of alkyl halides is 3. The van der Waals surface area contributed by atoms with Crippen LogP contribution in [0.3, 0.4) is 0 Å². The molecule has 0 heterocycles. The van der Waals surface area contributed by atoms with E-state index in [0.717, 1.165) is 35.0 Å². The van der Waals surface area contributed by atoms with E-state index < -0.39 is 30.0 Å². The van der Waals surface area contributed by atoms with Crippen LogP contribution in [0.4, 0.5) is 13.2 Å². The Labute approximate surface area is 169 Å². The Morgan fingerprint density at radius 1 is 0.867 bits per heavy atom. The Kier molecular flexibility index (Phi) is 6.10. The van der Waals surface area contributed by atoms with Crippen LogP contribution in [0.15, 0.2) is 66.7 Å². The van der Waals surface area contributed by atoms with Crippen LogP contribution in [0, 0.1) is 0 Å². The topological polar surface area (TPSA) is 76.7 Å². The number of amides is 2. The summed E-state index contributed by atoms with van der Waals surface area (Å²) in [6, 6.07) is 17.3. The third-order valence-corrected chi connectivity index (χ3v) is 4.05. The van der Waals surface area contributed by atoms with Gasteiger partial charge in [0.05, 0.1) is 0 Å². The van der Waals surface area contributed by atoms with E-state index in [1.165, 1.54) is 6.92 Å². The highest BCUT2D eigenvalue weighted by Crippen LogP contribution is 2.23. The molecule has 30 heavy (non-hydrogen) atoms. The predicted molar refractivity (Wildman–Crippen MR) is 103 cm³/mol. The van der Waals surface area contributed by atoms with E-state index in [-0.39, 0.29) is 5.56 Å². The summed E-state index contributed by atoms with van der Waals surface area (Å²) in [4.78, 5) is 24.2. The molecule has 2 N–H and O–H groups in total. The molecule has 3 aromatic rings. The lowest BCUT2D eigenvalue weighted by atomic mass is 10.1. The number of rotatable bonds is 5. The van der Waals surface area contributed by atoms with Gasteiger partial charge in [0.1, 0.15) is 11.5 Å². The van der Waals surface area contributed by atoms with E-state index in [1.807, 2.05) is 30.3 Å². The Morgan fingerprint density at radius 3 is 2.17 bits per heavy atom. The lowest BCUT2D eigenvalue weighted by molar-refractivity contribution is -0.274. The van der Waals surface area contributed by atoms with E-state index in [2.05, 4.69) is 15.6 Å². The number of benzene rings is 3. The average molecular weight is 418 g/mol. The number of halogens is 3. The molecule has 1 atom stereocenters. The van der Waals surface area contributed by atoms with Crippen molar-refractivity contribution in [3.05, 3.63) is 72.3 Å². The maximum absolute atomic E-state index is 12.2. The summed E-state index contributed by atoms with van der Waals surface area (Å²) in [6.07, 6.45) is -5.73. The van der Waals surface area contributed by atoms with Gasteiger partial charge in [-0.15, -0.1) is 13.2 Å². The van der Waals surface area contributed by atoms with Crippen LogP contribution in [0.25, 0.3) is 10.8 Å². The van der Waals surface area contributed by atoms with E-state index in [0.29, 0.717) is 5.75 Å². The number of hydrogen-bond acceptors (Lipinski definition) is 4. The Balaban J connectivity index is 1.53. The molecule has 0 aliphatic heterocycles. The molecule has 0 bridgehead atoms. The largest absolute Gasteiger partial charge is 0.573 e. The van der Waals surface area contributed by atoms with Crippen molar-refractivity contribution in [3.63, 3.8) is 0 Å². The summed E-state index contributed by atoms with van der Waals surface area (Å²) in [6.45, 7) is 1.51. The average Bonchev–Trinajstić information content (AvgIpc) is 2.71. The van der Waals surface area contributed by atoms with Crippen LogP contribution in [0.2, 0.25) is 0 Å². The summed E-state index contributed by atoms with van der Waals surface area (Å²) >= 11 is 0. The molecule has 3 aromatic carbocycles. The number of carbonyl (C=O) groups excluding carboxylic acids is 2. The smallest absolute Gasteiger partial charge is 0.481 e. The van der Waals surface area contributed by atoms with Gasteiger partial charge in [0, 0.05) is 5.56 Å². The Morgan fingerprint density at radius 2 is 1.50 bits per heavy atom. The number of hydrogen-bond donors (Lipinski definition) is 2. The van der Waals surface area contributed by atoms with Gasteiger partial charge in [0.15, 0.2) is 6.10 Å². The maximum Gasteiger partial charge on any atom is 0.573 e. The fourth-order valence-corrected chi connectivity index (χ4v) is 2.60. The zero-order valence-corrected chi connectivity index (χ0v) is 15.7. The van der Waals surface area contributed by atoms with Gasteiger partial charge in [0.2, 0.25) is 0 Å². The van der Waals surface area contributed by atoms with Crippen molar-refractivity contribution in [2.45, 2.75) is 19.4 Å². The van der Waals surface area contributed by atoms with Crippen LogP contribution < -0.4 is 20.3 Å². The van der Waals surface area contributed by atoms with Crippen molar-refractivity contribution in [2.24, 2.45) is 0 Å². The molecule has 3 rings (SSSR count). The minimum absolute atomic E-state index is 0.0351. The van der Waals surface area contributed by atoms with Gasteiger partial charge >= 0.3 is 6.36 Å². The molecule has 0 fully saturated rings. The zero-order valence-electron chi connectivity index (χ0n) is 15.7. The highest BCUT2D eigenvalue weighted by molar-refractivity contribution is 5.95. The second-order valence-corrected chi connectivity index (χ2v) is 6.28. The van der Waals surface area contributed by atoms with E-state index in [9.17, 15) is 22.8 Å². The van der Waals surface area contributed by atoms with Gasteiger partial charge in [-0.2, -0.15) is 0 Å². The minimum atomic E-state index is -4.82. The lowest BCUT2D eigenvalue weighted by Gasteiger charge is -2.15. The van der Waals surface area contributed by atoms with E-state index >= 15 is 0 Å². The molecule has 6 nitrogen and oxygen atoms in total. The first-order valence-corrected chi connectivity index (χ1v) is 8.83. The third-order valence-electron chi connectivity index (χ3n) is 4.05. The fourth-order valence-electron chi connectivity index (χ4n) is 2.60. The maximum atomic E-state index is 12.2. The standard InChI is InChI=1S/C21H17F3N2O4/c1-13(29-18-11-6-14-4-2-3-5-16(14)12-18)19(27)25-26-20(28)15-7-9-17(10-8-15)30-21(22,23)24/h2-13H,1H3,(H,25,27)(H,26,28). The lowest BCUT2D eigenvalue weighted by Crippen LogP contribution is -2.47. The summed E-state index contributed by atoms with van der Waals surface area (Å²) in [5.74, 6) is -1.28. The van der Waals surface area contributed by atoms with E-state index in [1.54, 1.807) is 12.1 Å². The number of nitrogens with one attached hydrogen (secondary N) is 2. The number of fused-ring (bicyclic) bond motifs is 1. The molecular formula is C21H17F3N2O4. The molecule has 156 valence electrons. The first kappa shape index (κ1) is 21.0. The molecule has 0 radical (unpaired) electrons. The molecule has 9 heteroatoms. The fraction of sp³-hybridized carbons (Fsp3) is 0.143. The molecular weight excluding hydrogens is 401 g/mol. The van der Waals surface area contributed by atoms with Gasteiger partial charge in [0.25, 0.3) is 11.8 Å². The molecule has 1 unspecified atom stereocenters. The molecule has 2 amide bonds. The number of ether oxygens (including phenoxy) is 2. The number of carbonyl (C=O) groups is 2. The highest BCUT2D eigenvalue weighted by Gasteiger charge is 2.31. The number of hydrazine groups is 1. The Bertz CT molecular complexity index is 1050. The van der Waals surface area contributed by atoms with Crippen LogP contribution in [-0.4, -0.2) is 24.3 Å². The molecule has 0 aliphatic rings. The second kappa shape index (κ2) is 8.73. The minimum Gasteiger partial charge on any atom is -0.481 e. The highest BCUT2D eigenvalue weighted by atomic mass is 19.4. The summed E-state index contributed by atoms with van der Waals surface area (Å²) in [7, 11) is 0. The van der Waals surface area contributed by atoms with Gasteiger partial charge in [-0.05, 0) is 54.1 Å². The molecule has 0 aliphatic carbocycles. The van der Waals surface area contributed by atoms with Gasteiger partial charge in [-0.1, -0.05) is 30.3 Å². The first-order valence-electron chi connectivity index (χ1n) is 8.83. The van der Waals surface area contributed by atoms with E-state index in [4.69, 9.17) is 4.74 Å². The molecule has 0 aromatic heterocycles. The monoisotopic (exact) mass is 418 g/mol. The van der Waals surface area contributed by atoms with Gasteiger partial charge < -0.3 is 9.47 Å². The van der Waals surface area contributed by atoms with Crippen molar-refractivity contribution >= 4 is 22.6 Å². The van der Waals surface area contributed by atoms with Crippen molar-refractivity contribution in [3.8, 4) is 11.5 Å².